The molecule has 1 amide bonds. The first kappa shape index (κ1) is 26.4. The van der Waals surface area contributed by atoms with Gasteiger partial charge in [-0.15, -0.1) is 5.10 Å². The lowest BCUT2D eigenvalue weighted by Gasteiger charge is -2.19. The number of aryl methyl sites for hydroxylation is 1. The maximum Gasteiger partial charge on any atom is 0.411 e. The van der Waals surface area contributed by atoms with Crippen molar-refractivity contribution in [2.45, 2.75) is 18.9 Å². The number of hydrogen-bond acceptors (Lipinski definition) is 7. The van der Waals surface area contributed by atoms with E-state index in [1.807, 2.05) is 18.2 Å². The van der Waals surface area contributed by atoms with E-state index >= 15 is 0 Å². The number of H-pyrrole nitrogens is 1. The van der Waals surface area contributed by atoms with Gasteiger partial charge in [-0.25, -0.2) is 9.78 Å². The molecule has 1 atom stereocenters. The van der Waals surface area contributed by atoms with E-state index in [0.717, 1.165) is 28.1 Å². The van der Waals surface area contributed by atoms with Gasteiger partial charge in [-0.05, 0) is 65.2 Å². The quantitative estimate of drug-likeness (QED) is 0.281. The van der Waals surface area contributed by atoms with Crippen molar-refractivity contribution in [1.82, 2.24) is 34.7 Å². The number of imidazole rings is 1. The van der Waals surface area contributed by atoms with E-state index in [2.05, 4.69) is 25.5 Å². The standard InChI is InChI=1S/C28H25ClN8O4/c1-41-10-9-35(28(39)40)20-4-2-3-17(11-20)23-15-30-27(32-23)25-8-6-21-12-18(13-26(38)37(21)25)22-14-19(29)5-7-24(22)36-16-31-33-34-36/h2-5,7,11-16,25H,6,8-10H2,1H3,(H,30,32)(H,39,40)/t25-/m0/s1. The molecule has 5 aromatic rings. The second-order valence-corrected chi connectivity index (χ2v) is 10.0. The molecule has 1 aliphatic heterocycles. The van der Waals surface area contributed by atoms with Crippen LogP contribution in [-0.4, -0.2) is 66.2 Å². The smallest absolute Gasteiger partial charge is 0.411 e. The molecule has 0 bridgehead atoms. The lowest BCUT2D eigenvalue weighted by atomic mass is 10.0. The number of halogens is 1. The van der Waals surface area contributed by atoms with Crippen LogP contribution >= 0.6 is 11.6 Å². The number of aromatic amines is 1. The molecule has 1 aliphatic rings. The fraction of sp³-hybridized carbons (Fsp3) is 0.214. The zero-order chi connectivity index (χ0) is 28.5. The molecule has 2 N–H and O–H groups in total. The first-order chi connectivity index (χ1) is 19.9. The summed E-state index contributed by atoms with van der Waals surface area (Å²) in [6.45, 7) is 0.484. The fourth-order valence-corrected chi connectivity index (χ4v) is 5.40. The third kappa shape index (κ3) is 5.10. The van der Waals surface area contributed by atoms with Gasteiger partial charge in [-0.1, -0.05) is 23.7 Å². The number of aromatic nitrogens is 7. The van der Waals surface area contributed by atoms with Crippen LogP contribution in [0.2, 0.25) is 5.02 Å². The van der Waals surface area contributed by atoms with E-state index in [1.54, 1.807) is 47.2 Å². The minimum Gasteiger partial charge on any atom is -0.465 e. The predicted molar refractivity (Wildman–Crippen MR) is 152 cm³/mol. The number of benzene rings is 2. The van der Waals surface area contributed by atoms with Gasteiger partial charge in [0, 0.05) is 40.7 Å². The molecule has 6 rings (SSSR count). The lowest BCUT2D eigenvalue weighted by Crippen LogP contribution is -2.32. The first-order valence-electron chi connectivity index (χ1n) is 12.9. The third-order valence-electron chi connectivity index (χ3n) is 7.13. The summed E-state index contributed by atoms with van der Waals surface area (Å²) in [7, 11) is 1.53. The molecule has 0 aliphatic carbocycles. The second-order valence-electron chi connectivity index (χ2n) is 9.57. The molecule has 41 heavy (non-hydrogen) atoms. The Morgan fingerprint density at radius 1 is 1.20 bits per heavy atom. The molecule has 2 aromatic carbocycles. The maximum atomic E-state index is 13.5. The summed E-state index contributed by atoms with van der Waals surface area (Å²) in [5.74, 6) is 0.658. The van der Waals surface area contributed by atoms with Crippen LogP contribution in [0.1, 0.15) is 24.0 Å². The zero-order valence-electron chi connectivity index (χ0n) is 21.9. The van der Waals surface area contributed by atoms with Crippen molar-refractivity contribution in [3.8, 4) is 28.1 Å². The first-order valence-corrected chi connectivity index (χ1v) is 13.2. The molecule has 3 aromatic heterocycles. The molecule has 208 valence electrons. The Hall–Kier alpha value is -4.81. The van der Waals surface area contributed by atoms with Crippen LogP contribution < -0.4 is 10.5 Å². The number of nitrogens with zero attached hydrogens (tertiary/aromatic N) is 7. The number of anilines is 1. The van der Waals surface area contributed by atoms with Crippen LogP contribution in [0.5, 0.6) is 0 Å². The lowest BCUT2D eigenvalue weighted by molar-refractivity contribution is 0.186. The summed E-state index contributed by atoms with van der Waals surface area (Å²) in [6, 6.07) is 15.9. The predicted octanol–water partition coefficient (Wildman–Crippen LogP) is 4.20. The van der Waals surface area contributed by atoms with Crippen LogP contribution in [0.25, 0.3) is 28.1 Å². The van der Waals surface area contributed by atoms with Crippen molar-refractivity contribution in [3.05, 3.63) is 94.0 Å². The summed E-state index contributed by atoms with van der Waals surface area (Å²) >= 11 is 6.31. The van der Waals surface area contributed by atoms with Crippen LogP contribution in [0.4, 0.5) is 10.5 Å². The van der Waals surface area contributed by atoms with Crippen molar-refractivity contribution >= 4 is 23.4 Å². The Bertz CT molecular complexity index is 1780. The summed E-state index contributed by atoms with van der Waals surface area (Å²) in [4.78, 5) is 34.5. The zero-order valence-corrected chi connectivity index (χ0v) is 22.7. The number of amides is 1. The third-order valence-corrected chi connectivity index (χ3v) is 7.36. The van der Waals surface area contributed by atoms with Crippen molar-refractivity contribution in [1.29, 1.82) is 0 Å². The molecule has 0 fully saturated rings. The highest BCUT2D eigenvalue weighted by atomic mass is 35.5. The average Bonchev–Trinajstić information content (AvgIpc) is 3.74. The number of rotatable bonds is 8. The van der Waals surface area contributed by atoms with E-state index in [-0.39, 0.29) is 24.8 Å². The molecule has 0 saturated carbocycles. The molecule has 13 heteroatoms. The van der Waals surface area contributed by atoms with Crippen LogP contribution in [0.15, 0.2) is 71.9 Å². The number of tetrazole rings is 1. The largest absolute Gasteiger partial charge is 0.465 e. The van der Waals surface area contributed by atoms with Crippen LogP contribution in [-0.2, 0) is 11.2 Å². The van der Waals surface area contributed by atoms with Gasteiger partial charge >= 0.3 is 6.09 Å². The molecule has 0 saturated heterocycles. The Balaban J connectivity index is 1.31. The molecule has 4 heterocycles. The number of carboxylic acid groups (broad SMARTS) is 1. The Labute approximate surface area is 238 Å². The van der Waals surface area contributed by atoms with E-state index in [4.69, 9.17) is 16.3 Å². The molecule has 0 radical (unpaired) electrons. The maximum absolute atomic E-state index is 13.5. The summed E-state index contributed by atoms with van der Waals surface area (Å²) in [5.41, 5.74) is 4.94. The molecular formula is C28H25ClN8O4. The normalized spacial score (nSPS) is 14.2. The van der Waals surface area contributed by atoms with Crippen molar-refractivity contribution in [2.75, 3.05) is 25.2 Å². The highest BCUT2D eigenvalue weighted by Crippen LogP contribution is 2.34. The van der Waals surface area contributed by atoms with Gasteiger partial charge < -0.3 is 19.4 Å². The fourth-order valence-electron chi connectivity index (χ4n) is 5.23. The summed E-state index contributed by atoms with van der Waals surface area (Å²) in [5, 5.41) is 21.6. The molecule has 12 nitrogen and oxygen atoms in total. The minimum atomic E-state index is -1.06. The van der Waals surface area contributed by atoms with Gasteiger partial charge in [-0.2, -0.15) is 4.68 Å². The monoisotopic (exact) mass is 572 g/mol. The van der Waals surface area contributed by atoms with Crippen molar-refractivity contribution in [3.63, 3.8) is 0 Å². The summed E-state index contributed by atoms with van der Waals surface area (Å²) < 4.78 is 8.35. The molecular weight excluding hydrogens is 548 g/mol. The number of methoxy groups -OCH3 is 1. The second kappa shape index (κ2) is 11.0. The van der Waals surface area contributed by atoms with Gasteiger partial charge in [0.1, 0.15) is 12.2 Å². The number of carbonyl (C=O) groups is 1. The number of ether oxygens (including phenoxy) is 1. The van der Waals surface area contributed by atoms with Gasteiger partial charge in [0.25, 0.3) is 5.56 Å². The Kier molecular flexibility index (Phi) is 7.08. The topological polar surface area (TPSA) is 144 Å². The van der Waals surface area contributed by atoms with Crippen molar-refractivity contribution in [2.24, 2.45) is 0 Å². The molecule has 0 unspecified atom stereocenters. The van der Waals surface area contributed by atoms with E-state index < -0.39 is 6.09 Å². The molecule has 0 spiro atoms. The van der Waals surface area contributed by atoms with Crippen LogP contribution in [0.3, 0.4) is 0 Å². The Morgan fingerprint density at radius 3 is 2.85 bits per heavy atom. The van der Waals surface area contributed by atoms with Gasteiger partial charge in [-0.3, -0.25) is 9.69 Å². The van der Waals surface area contributed by atoms with E-state index in [1.165, 1.54) is 23.0 Å². The van der Waals surface area contributed by atoms with E-state index in [9.17, 15) is 14.7 Å². The average molecular weight is 573 g/mol. The number of fused-ring (bicyclic) bond motifs is 1. The SMILES string of the molecule is COCCN(C(=O)O)c1cccc(-c2cnc([C@@H]3CCc4cc(-c5cc(Cl)ccc5-n5cnnn5)cc(=O)n43)[nH]2)c1. The van der Waals surface area contributed by atoms with Gasteiger partial charge in [0.2, 0.25) is 0 Å². The minimum absolute atomic E-state index is 0.155. The van der Waals surface area contributed by atoms with Crippen LogP contribution in [0, 0.1) is 0 Å². The van der Waals surface area contributed by atoms with Gasteiger partial charge in [0.15, 0.2) is 0 Å². The number of nitrogens with one attached hydrogen (secondary N) is 1. The van der Waals surface area contributed by atoms with E-state index in [0.29, 0.717) is 35.1 Å². The summed E-state index contributed by atoms with van der Waals surface area (Å²) in [6.07, 6.45) is 3.52. The Morgan fingerprint density at radius 2 is 2.07 bits per heavy atom. The highest BCUT2D eigenvalue weighted by Gasteiger charge is 2.28. The number of pyridine rings is 1. The number of hydrogen-bond donors (Lipinski definition) is 2. The highest BCUT2D eigenvalue weighted by molar-refractivity contribution is 6.31. The van der Waals surface area contributed by atoms with Gasteiger partial charge in [0.05, 0.1) is 36.8 Å². The van der Waals surface area contributed by atoms with Crippen molar-refractivity contribution < 1.29 is 14.6 Å².